The molecule has 2 rings (SSSR count). The molecule has 18 heavy (non-hydrogen) atoms. The molecule has 0 unspecified atom stereocenters. The molecule has 0 aromatic carbocycles. The molecule has 0 saturated carbocycles. The number of H-pyrrole nitrogens is 1. The predicted molar refractivity (Wildman–Crippen MR) is 57.8 cm³/mol. The van der Waals surface area contributed by atoms with Gasteiger partial charge in [-0.15, -0.1) is 0 Å². The van der Waals surface area contributed by atoms with Crippen molar-refractivity contribution in [2.75, 3.05) is 11.9 Å². The van der Waals surface area contributed by atoms with Gasteiger partial charge in [-0.1, -0.05) is 0 Å². The predicted octanol–water partition coefficient (Wildman–Crippen LogP) is 1.87. The lowest BCUT2D eigenvalue weighted by atomic mass is 10.3. The van der Waals surface area contributed by atoms with E-state index in [1.807, 2.05) is 0 Å². The number of hydrogen-bond donors (Lipinski definition) is 2. The molecule has 0 aliphatic rings. The van der Waals surface area contributed by atoms with Gasteiger partial charge in [0.1, 0.15) is 5.82 Å². The maximum atomic E-state index is 12.3. The highest BCUT2D eigenvalue weighted by Crippen LogP contribution is 2.26. The van der Waals surface area contributed by atoms with E-state index in [-0.39, 0.29) is 5.82 Å². The lowest BCUT2D eigenvalue weighted by molar-refractivity contribution is -0.144. The van der Waals surface area contributed by atoms with Crippen molar-refractivity contribution in [1.29, 1.82) is 0 Å². The lowest BCUT2D eigenvalue weighted by Crippen LogP contribution is -2.13. The maximum Gasteiger partial charge on any atom is 0.451 e. The summed E-state index contributed by atoms with van der Waals surface area (Å²) in [7, 11) is 0. The molecule has 0 spiro atoms. The second-order valence-corrected chi connectivity index (χ2v) is 3.52. The summed E-state index contributed by atoms with van der Waals surface area (Å²) in [5.41, 5.74) is 0.896. The molecule has 0 aliphatic carbocycles. The van der Waals surface area contributed by atoms with Crippen LogP contribution in [0.5, 0.6) is 0 Å². The van der Waals surface area contributed by atoms with Crippen molar-refractivity contribution in [3.8, 4) is 0 Å². The summed E-state index contributed by atoms with van der Waals surface area (Å²) < 4.78 is 37.0. The smallest absolute Gasteiger partial charge is 0.370 e. The number of hydrogen-bond acceptors (Lipinski definition) is 4. The van der Waals surface area contributed by atoms with E-state index in [1.54, 1.807) is 12.5 Å². The highest BCUT2D eigenvalue weighted by atomic mass is 19.4. The monoisotopic (exact) mass is 257 g/mol. The zero-order valence-electron chi connectivity index (χ0n) is 9.20. The maximum absolute atomic E-state index is 12.3. The van der Waals surface area contributed by atoms with Gasteiger partial charge in [0.2, 0.25) is 5.82 Å². The third-order valence-corrected chi connectivity index (χ3v) is 2.16. The van der Waals surface area contributed by atoms with Gasteiger partial charge in [0.25, 0.3) is 0 Å². The molecule has 2 N–H and O–H groups in total. The fourth-order valence-corrected chi connectivity index (χ4v) is 1.34. The van der Waals surface area contributed by atoms with Gasteiger partial charge in [-0.2, -0.15) is 13.2 Å². The molecule has 0 amide bonds. The van der Waals surface area contributed by atoms with Gasteiger partial charge in [-0.25, -0.2) is 15.0 Å². The Labute approximate surface area is 100 Å². The number of aromatic amines is 1. The van der Waals surface area contributed by atoms with Crippen LogP contribution in [-0.2, 0) is 12.6 Å². The molecule has 0 saturated heterocycles. The first-order chi connectivity index (χ1) is 8.55. The van der Waals surface area contributed by atoms with Gasteiger partial charge in [0, 0.05) is 31.1 Å². The Morgan fingerprint density at radius 1 is 1.33 bits per heavy atom. The van der Waals surface area contributed by atoms with Crippen molar-refractivity contribution in [3.05, 3.63) is 36.3 Å². The fourth-order valence-electron chi connectivity index (χ4n) is 1.34. The lowest BCUT2D eigenvalue weighted by Gasteiger charge is -2.08. The van der Waals surface area contributed by atoms with Gasteiger partial charge >= 0.3 is 6.18 Å². The van der Waals surface area contributed by atoms with Gasteiger partial charge < -0.3 is 10.3 Å². The Kier molecular flexibility index (Phi) is 3.45. The van der Waals surface area contributed by atoms with Crippen LogP contribution in [0.15, 0.2) is 24.8 Å². The van der Waals surface area contributed by atoms with Crippen molar-refractivity contribution in [2.45, 2.75) is 12.6 Å². The minimum Gasteiger partial charge on any atom is -0.370 e. The second-order valence-electron chi connectivity index (χ2n) is 3.52. The molecular formula is C10H10F3N5. The summed E-state index contributed by atoms with van der Waals surface area (Å²) in [5, 5.41) is 2.80. The quantitative estimate of drug-likeness (QED) is 0.877. The van der Waals surface area contributed by atoms with Crippen LogP contribution in [0.1, 0.15) is 11.5 Å². The number of nitrogens with one attached hydrogen (secondary N) is 2. The highest BCUT2D eigenvalue weighted by Gasteiger charge is 2.34. The first-order valence-corrected chi connectivity index (χ1v) is 5.17. The molecule has 2 aromatic heterocycles. The topological polar surface area (TPSA) is 66.5 Å². The van der Waals surface area contributed by atoms with E-state index in [2.05, 4.69) is 25.3 Å². The van der Waals surface area contributed by atoms with Gasteiger partial charge in [-0.05, 0) is 6.07 Å². The molecular weight excluding hydrogens is 247 g/mol. The van der Waals surface area contributed by atoms with Crippen LogP contribution in [0, 0.1) is 0 Å². The molecule has 5 nitrogen and oxygen atoms in total. The van der Waals surface area contributed by atoms with E-state index in [4.69, 9.17) is 0 Å². The molecule has 8 heteroatoms. The number of alkyl halides is 3. The normalized spacial score (nSPS) is 11.5. The third-order valence-electron chi connectivity index (χ3n) is 2.16. The number of imidazole rings is 1. The first kappa shape index (κ1) is 12.3. The summed E-state index contributed by atoms with van der Waals surface area (Å²) in [6.45, 7) is 0.455. The van der Waals surface area contributed by atoms with Crippen molar-refractivity contribution in [3.63, 3.8) is 0 Å². The minimum absolute atomic E-state index is 0.150. The summed E-state index contributed by atoms with van der Waals surface area (Å²) in [4.78, 5) is 13.3. The number of nitrogens with zero attached hydrogens (tertiary/aromatic N) is 3. The number of anilines is 1. The molecule has 0 radical (unpaired) electrons. The van der Waals surface area contributed by atoms with E-state index < -0.39 is 12.0 Å². The molecule has 0 bridgehead atoms. The van der Waals surface area contributed by atoms with Crippen LogP contribution in [-0.4, -0.2) is 26.5 Å². The van der Waals surface area contributed by atoms with Crippen molar-refractivity contribution < 1.29 is 13.2 Å². The Morgan fingerprint density at radius 3 is 2.83 bits per heavy atom. The highest BCUT2D eigenvalue weighted by molar-refractivity contribution is 5.33. The molecule has 0 aliphatic heterocycles. The molecule has 96 valence electrons. The Bertz CT molecular complexity index is 494. The largest absolute Gasteiger partial charge is 0.451 e. The Morgan fingerprint density at radius 2 is 2.17 bits per heavy atom. The number of halogens is 3. The summed E-state index contributed by atoms with van der Waals surface area (Å²) in [6, 6.07) is 1.39. The van der Waals surface area contributed by atoms with Crippen LogP contribution < -0.4 is 5.32 Å². The van der Waals surface area contributed by atoms with E-state index in [9.17, 15) is 13.2 Å². The third kappa shape index (κ3) is 3.19. The molecule has 2 aromatic rings. The SMILES string of the molecule is FC(F)(F)c1nccc(NCCc2cnc[nH]2)n1. The number of aromatic nitrogens is 4. The fraction of sp³-hybridized carbons (Fsp3) is 0.300. The average molecular weight is 257 g/mol. The minimum atomic E-state index is -4.53. The summed E-state index contributed by atoms with van der Waals surface area (Å²) in [5.74, 6) is -0.995. The van der Waals surface area contributed by atoms with E-state index in [0.29, 0.717) is 13.0 Å². The number of rotatable bonds is 4. The van der Waals surface area contributed by atoms with Crippen LogP contribution >= 0.6 is 0 Å². The molecule has 0 atom stereocenters. The van der Waals surface area contributed by atoms with E-state index in [0.717, 1.165) is 11.9 Å². The van der Waals surface area contributed by atoms with Crippen molar-refractivity contribution >= 4 is 5.82 Å². The van der Waals surface area contributed by atoms with Crippen LogP contribution in [0.3, 0.4) is 0 Å². The van der Waals surface area contributed by atoms with Crippen molar-refractivity contribution in [2.24, 2.45) is 0 Å². The molecule has 0 fully saturated rings. The standard InChI is InChI=1S/C10H10F3N5/c11-10(12,13)9-16-4-2-8(18-9)15-3-1-7-5-14-6-17-7/h2,4-6H,1,3H2,(H,14,17)(H,15,16,18). The van der Waals surface area contributed by atoms with Gasteiger partial charge in [0.05, 0.1) is 6.33 Å². The van der Waals surface area contributed by atoms with Crippen LogP contribution in [0.2, 0.25) is 0 Å². The van der Waals surface area contributed by atoms with Crippen LogP contribution in [0.25, 0.3) is 0 Å². The Hall–Kier alpha value is -2.12. The van der Waals surface area contributed by atoms with Crippen molar-refractivity contribution in [1.82, 2.24) is 19.9 Å². The summed E-state index contributed by atoms with van der Waals surface area (Å²) >= 11 is 0. The summed E-state index contributed by atoms with van der Waals surface area (Å²) in [6.07, 6.45) is 0.366. The first-order valence-electron chi connectivity index (χ1n) is 5.17. The van der Waals surface area contributed by atoms with E-state index in [1.165, 1.54) is 6.07 Å². The van der Waals surface area contributed by atoms with Gasteiger partial charge in [0.15, 0.2) is 0 Å². The Balaban J connectivity index is 1.93. The van der Waals surface area contributed by atoms with E-state index >= 15 is 0 Å². The molecule has 2 heterocycles. The zero-order chi connectivity index (χ0) is 13.0. The van der Waals surface area contributed by atoms with Crippen LogP contribution in [0.4, 0.5) is 19.0 Å². The average Bonchev–Trinajstić information content (AvgIpc) is 2.81. The zero-order valence-corrected chi connectivity index (χ0v) is 9.20. The second kappa shape index (κ2) is 5.03. The van der Waals surface area contributed by atoms with Gasteiger partial charge in [-0.3, -0.25) is 0 Å².